The van der Waals surface area contributed by atoms with Crippen LogP contribution in [0.1, 0.15) is 70.8 Å². The molecule has 0 saturated carbocycles. The van der Waals surface area contributed by atoms with Crippen molar-refractivity contribution >= 4 is 46.3 Å². The fourth-order valence-corrected chi connectivity index (χ4v) is 5.70. The first-order valence-electron chi connectivity index (χ1n) is 13.8. The van der Waals surface area contributed by atoms with Gasteiger partial charge in [-0.2, -0.15) is 23.5 Å². The van der Waals surface area contributed by atoms with E-state index in [9.17, 15) is 13.8 Å². The molecule has 0 spiro atoms. The second-order valence-corrected chi connectivity index (χ2v) is 13.5. The van der Waals surface area contributed by atoms with Gasteiger partial charge in [-0.1, -0.05) is 52.0 Å². The standard InChI is InChI=1S/C18H28O3S.2C5H11NO2S/c1-3-4-5-6-7-8-11-22(19)15(2)12-16-9-10-17-18(13-16)21-14-20-17;2*1-9-3-2-4(6)5(7)8/h9-10,13,15H,3-8,11-12,14H2,1-2H3;2*4H,2-3,6H2,1H3,(H,7,8)/t;4-;/m.0./s1. The first-order valence-corrected chi connectivity index (χ1v) is 17.9. The van der Waals surface area contributed by atoms with Gasteiger partial charge in [-0.05, 0) is 67.4 Å². The van der Waals surface area contributed by atoms with Crippen molar-refractivity contribution in [2.45, 2.75) is 89.0 Å². The minimum atomic E-state index is -0.913. The van der Waals surface area contributed by atoms with Crippen molar-refractivity contribution in [2.24, 2.45) is 11.5 Å². The van der Waals surface area contributed by atoms with E-state index in [1.165, 1.54) is 37.7 Å². The summed E-state index contributed by atoms with van der Waals surface area (Å²) in [6, 6.07) is 4.64. The van der Waals surface area contributed by atoms with Crippen molar-refractivity contribution in [3.05, 3.63) is 23.8 Å². The van der Waals surface area contributed by atoms with Gasteiger partial charge in [-0.15, -0.1) is 0 Å². The molecule has 1 heterocycles. The molecule has 9 nitrogen and oxygen atoms in total. The average Bonchev–Trinajstić information content (AvgIpc) is 3.40. The predicted molar refractivity (Wildman–Crippen MR) is 169 cm³/mol. The first kappa shape index (κ1) is 38.5. The number of nitrogens with two attached hydrogens (primary N) is 2. The number of benzene rings is 1. The number of ether oxygens (including phenoxy) is 2. The number of thioether (sulfide) groups is 2. The number of unbranched alkanes of at least 4 members (excludes halogenated alkanes) is 5. The maximum absolute atomic E-state index is 12.3. The summed E-state index contributed by atoms with van der Waals surface area (Å²) in [6.07, 6.45) is 13.3. The predicted octanol–water partition coefficient (Wildman–Crippen LogP) is 4.76. The molecule has 0 radical (unpaired) electrons. The van der Waals surface area contributed by atoms with Crippen LogP contribution in [0.5, 0.6) is 11.5 Å². The van der Waals surface area contributed by atoms with Gasteiger partial charge in [-0.3, -0.25) is 13.8 Å². The fourth-order valence-electron chi connectivity index (χ4n) is 3.46. The second kappa shape index (κ2) is 24.2. The Morgan fingerprint density at radius 2 is 1.45 bits per heavy atom. The van der Waals surface area contributed by atoms with Gasteiger partial charge in [-0.25, -0.2) is 0 Å². The third kappa shape index (κ3) is 18.8. The Bertz CT molecular complexity index is 837. The van der Waals surface area contributed by atoms with Crippen molar-refractivity contribution in [3.63, 3.8) is 0 Å². The van der Waals surface area contributed by atoms with Crippen molar-refractivity contribution in [3.8, 4) is 11.5 Å². The molecule has 0 aromatic heterocycles. The van der Waals surface area contributed by atoms with Gasteiger partial charge in [0.2, 0.25) is 6.79 Å². The minimum Gasteiger partial charge on any atom is -0.480 e. The van der Waals surface area contributed by atoms with Crippen LogP contribution in [-0.2, 0) is 26.8 Å². The van der Waals surface area contributed by atoms with Crippen molar-refractivity contribution in [2.75, 3.05) is 36.6 Å². The van der Waals surface area contributed by atoms with Crippen LogP contribution in [0.25, 0.3) is 0 Å². The smallest absolute Gasteiger partial charge is 0.320 e. The van der Waals surface area contributed by atoms with E-state index in [0.717, 1.165) is 41.6 Å². The number of hydrogen-bond donors (Lipinski definition) is 4. The molecule has 4 atom stereocenters. The Labute approximate surface area is 251 Å². The zero-order valence-corrected chi connectivity index (χ0v) is 26.9. The zero-order valence-electron chi connectivity index (χ0n) is 24.5. The summed E-state index contributed by atoms with van der Waals surface area (Å²) in [4.78, 5) is 20.1. The molecule has 0 fully saturated rings. The Morgan fingerprint density at radius 1 is 0.925 bits per heavy atom. The number of carboxylic acids is 2. The molecule has 3 unspecified atom stereocenters. The minimum absolute atomic E-state index is 0.191. The van der Waals surface area contributed by atoms with E-state index in [1.54, 1.807) is 23.5 Å². The maximum atomic E-state index is 12.3. The van der Waals surface area contributed by atoms with Crippen molar-refractivity contribution in [1.29, 1.82) is 0 Å². The maximum Gasteiger partial charge on any atom is 0.320 e. The van der Waals surface area contributed by atoms with Crippen LogP contribution in [-0.4, -0.2) is 80.3 Å². The average molecular weight is 623 g/mol. The van der Waals surface area contributed by atoms with Crippen LogP contribution in [0.2, 0.25) is 0 Å². The molecule has 1 aromatic rings. The van der Waals surface area contributed by atoms with Crippen LogP contribution in [0, 0.1) is 0 Å². The highest BCUT2D eigenvalue weighted by Gasteiger charge is 2.16. The van der Waals surface area contributed by atoms with Crippen molar-refractivity contribution in [1.82, 2.24) is 0 Å². The van der Waals surface area contributed by atoms with Crippen LogP contribution in [0.4, 0.5) is 0 Å². The van der Waals surface area contributed by atoms with Crippen LogP contribution >= 0.6 is 23.5 Å². The van der Waals surface area contributed by atoms with Crippen LogP contribution in [0.3, 0.4) is 0 Å². The number of carbonyl (C=O) groups is 2. The molecule has 2 rings (SSSR count). The highest BCUT2D eigenvalue weighted by Crippen LogP contribution is 2.33. The van der Waals surface area contributed by atoms with Gasteiger partial charge < -0.3 is 31.2 Å². The van der Waals surface area contributed by atoms with E-state index in [2.05, 4.69) is 13.8 Å². The third-order valence-electron chi connectivity index (χ3n) is 6.01. The summed E-state index contributed by atoms with van der Waals surface area (Å²) in [5.74, 6) is 2.25. The summed E-state index contributed by atoms with van der Waals surface area (Å²) < 4.78 is 23.0. The lowest BCUT2D eigenvalue weighted by Gasteiger charge is -2.12. The van der Waals surface area contributed by atoms with Gasteiger partial charge in [0.1, 0.15) is 12.1 Å². The van der Waals surface area contributed by atoms with Gasteiger partial charge >= 0.3 is 11.9 Å². The molecule has 1 aliphatic heterocycles. The van der Waals surface area contributed by atoms with Crippen molar-refractivity contribution < 1.29 is 33.5 Å². The lowest BCUT2D eigenvalue weighted by atomic mass is 10.1. The molecule has 0 saturated heterocycles. The Balaban J connectivity index is 0.000000700. The van der Waals surface area contributed by atoms with E-state index < -0.39 is 34.8 Å². The number of rotatable bonds is 18. The Hall–Kier alpha value is -1.47. The molecule has 40 heavy (non-hydrogen) atoms. The summed E-state index contributed by atoms with van der Waals surface area (Å²) in [5.41, 5.74) is 11.6. The largest absolute Gasteiger partial charge is 0.480 e. The van der Waals surface area contributed by atoms with Gasteiger partial charge in [0.25, 0.3) is 0 Å². The Morgan fingerprint density at radius 3 is 1.98 bits per heavy atom. The molecule has 0 aliphatic carbocycles. The van der Waals surface area contributed by atoms with E-state index in [-0.39, 0.29) is 5.25 Å². The van der Waals surface area contributed by atoms with Crippen LogP contribution in [0.15, 0.2) is 18.2 Å². The van der Waals surface area contributed by atoms with E-state index in [4.69, 9.17) is 31.2 Å². The highest BCUT2D eigenvalue weighted by molar-refractivity contribution is 7.98. The molecule has 0 amide bonds. The molecule has 12 heteroatoms. The molecular weight excluding hydrogens is 573 g/mol. The molecule has 1 aliphatic rings. The first-order chi connectivity index (χ1) is 19.1. The molecule has 232 valence electrons. The van der Waals surface area contributed by atoms with E-state index in [1.807, 2.05) is 30.7 Å². The Kier molecular flexibility index (Phi) is 23.3. The van der Waals surface area contributed by atoms with E-state index >= 15 is 0 Å². The van der Waals surface area contributed by atoms with Gasteiger partial charge in [0, 0.05) is 21.8 Å². The fraction of sp³-hybridized carbons (Fsp3) is 0.714. The van der Waals surface area contributed by atoms with Crippen LogP contribution < -0.4 is 20.9 Å². The zero-order chi connectivity index (χ0) is 30.3. The molecule has 6 N–H and O–H groups in total. The summed E-state index contributed by atoms with van der Waals surface area (Å²) in [7, 11) is -0.743. The molecular formula is C28H50N2O7S3. The SMILES string of the molecule is CCCCCCCCS(=O)C(C)Cc1ccc2c(c1)OCO2.CSCCC(N)C(=O)O.CSCC[C@H](N)C(=O)O. The number of carboxylic acid groups (broad SMARTS) is 2. The normalized spacial score (nSPS) is 14.6. The number of fused-ring (bicyclic) bond motifs is 1. The monoisotopic (exact) mass is 622 g/mol. The lowest BCUT2D eigenvalue weighted by Crippen LogP contribution is -2.30. The van der Waals surface area contributed by atoms with E-state index in [0.29, 0.717) is 19.6 Å². The topological polar surface area (TPSA) is 162 Å². The lowest BCUT2D eigenvalue weighted by molar-refractivity contribution is -0.139. The van der Waals surface area contributed by atoms with Gasteiger partial charge in [0.15, 0.2) is 11.5 Å². The number of hydrogen-bond acceptors (Lipinski definition) is 9. The van der Waals surface area contributed by atoms with Gasteiger partial charge in [0.05, 0.1) is 0 Å². The third-order valence-corrected chi connectivity index (χ3v) is 9.05. The molecule has 0 bridgehead atoms. The summed E-state index contributed by atoms with van der Waals surface area (Å²) in [5, 5.41) is 16.7. The highest BCUT2D eigenvalue weighted by atomic mass is 32.2. The summed E-state index contributed by atoms with van der Waals surface area (Å²) >= 11 is 3.21. The second-order valence-electron chi connectivity index (χ2n) is 9.51. The molecule has 1 aromatic carbocycles. The number of aliphatic carboxylic acids is 2. The quantitative estimate of drug-likeness (QED) is 0.167. The summed E-state index contributed by atoms with van der Waals surface area (Å²) in [6.45, 7) is 4.61.